The zero-order valence-electron chi connectivity index (χ0n) is 21.1. The van der Waals surface area contributed by atoms with Crippen LogP contribution < -0.4 is 21.1 Å². The average molecular weight is 496 g/mol. The first kappa shape index (κ1) is 24.7. The molecule has 1 aliphatic carbocycles. The van der Waals surface area contributed by atoms with Crippen molar-refractivity contribution in [1.82, 2.24) is 25.1 Å². The topological polar surface area (TPSA) is 132 Å². The molecule has 0 radical (unpaired) electrons. The molecule has 3 aromatic rings. The van der Waals surface area contributed by atoms with Crippen molar-refractivity contribution < 1.29 is 14.6 Å². The average Bonchev–Trinajstić information content (AvgIpc) is 3.43. The second-order valence-electron chi connectivity index (χ2n) is 9.94. The molecule has 36 heavy (non-hydrogen) atoms. The van der Waals surface area contributed by atoms with E-state index in [4.69, 9.17) is 15.2 Å². The fourth-order valence-electron chi connectivity index (χ4n) is 5.51. The number of ether oxygens (including phenoxy) is 2. The summed E-state index contributed by atoms with van der Waals surface area (Å²) in [6.07, 6.45) is 5.45. The van der Waals surface area contributed by atoms with E-state index in [0.717, 1.165) is 55.3 Å². The van der Waals surface area contributed by atoms with Gasteiger partial charge in [-0.15, -0.1) is 0 Å². The van der Waals surface area contributed by atoms with Crippen molar-refractivity contribution in [2.45, 2.75) is 57.8 Å². The van der Waals surface area contributed by atoms with Crippen LogP contribution in [0.2, 0.25) is 0 Å². The van der Waals surface area contributed by atoms with Crippen LogP contribution in [0.25, 0.3) is 11.0 Å². The molecule has 0 spiro atoms. The molecular formula is C26H37N7O3. The Hall–Kier alpha value is -2.95. The minimum atomic E-state index is 0.0870. The molecule has 1 saturated heterocycles. The fourth-order valence-corrected chi connectivity index (χ4v) is 5.51. The number of aliphatic hydroxyl groups is 1. The lowest BCUT2D eigenvalue weighted by Crippen LogP contribution is -2.49. The summed E-state index contributed by atoms with van der Waals surface area (Å²) in [5.74, 6) is 3.05. The Morgan fingerprint density at radius 3 is 2.94 bits per heavy atom. The zero-order chi connectivity index (χ0) is 25.1. The number of methoxy groups -OCH3 is 1. The number of hydrogen-bond acceptors (Lipinski definition) is 9. The third-order valence-corrected chi connectivity index (χ3v) is 7.52. The second-order valence-corrected chi connectivity index (χ2v) is 9.94. The van der Waals surface area contributed by atoms with E-state index in [0.29, 0.717) is 36.3 Å². The zero-order valence-corrected chi connectivity index (χ0v) is 21.1. The number of nitrogens with one attached hydrogen (secondary N) is 2. The van der Waals surface area contributed by atoms with Crippen molar-refractivity contribution in [3.05, 3.63) is 35.5 Å². The van der Waals surface area contributed by atoms with E-state index in [9.17, 15) is 5.11 Å². The smallest absolute Gasteiger partial charge is 0.222 e. The van der Waals surface area contributed by atoms with E-state index in [1.165, 1.54) is 12.0 Å². The van der Waals surface area contributed by atoms with Gasteiger partial charge in [0, 0.05) is 43.3 Å². The Kier molecular flexibility index (Phi) is 7.54. The van der Waals surface area contributed by atoms with Crippen LogP contribution in [-0.2, 0) is 17.8 Å². The van der Waals surface area contributed by atoms with Crippen molar-refractivity contribution in [1.29, 1.82) is 0 Å². The lowest BCUT2D eigenvalue weighted by molar-refractivity contribution is 0.153. The van der Waals surface area contributed by atoms with Crippen molar-refractivity contribution in [2.24, 2.45) is 11.8 Å². The van der Waals surface area contributed by atoms with Crippen molar-refractivity contribution in [3.8, 4) is 5.75 Å². The number of fused-ring (bicyclic) bond motifs is 2. The van der Waals surface area contributed by atoms with Gasteiger partial charge in [0.25, 0.3) is 0 Å². The summed E-state index contributed by atoms with van der Waals surface area (Å²) in [7, 11) is 1.70. The SMILES string of the molecule is CCC[C@@H](CCO)Nc1nc(N)nc2cnn(Cc3ccc(CNC4CC5COC[C@H]54)cc3OC)c12. The van der Waals surface area contributed by atoms with Gasteiger partial charge in [-0.25, -0.2) is 4.98 Å². The molecule has 1 saturated carbocycles. The molecule has 5 N–H and O–H groups in total. The van der Waals surface area contributed by atoms with E-state index >= 15 is 0 Å². The van der Waals surface area contributed by atoms with E-state index in [2.05, 4.69) is 50.8 Å². The van der Waals surface area contributed by atoms with Gasteiger partial charge in [0.2, 0.25) is 5.95 Å². The minimum Gasteiger partial charge on any atom is -0.496 e. The molecule has 2 aromatic heterocycles. The van der Waals surface area contributed by atoms with E-state index < -0.39 is 0 Å². The largest absolute Gasteiger partial charge is 0.496 e. The number of benzene rings is 1. The number of rotatable bonds is 12. The molecule has 1 aromatic carbocycles. The molecule has 0 bridgehead atoms. The maximum Gasteiger partial charge on any atom is 0.222 e. The molecule has 3 heterocycles. The van der Waals surface area contributed by atoms with Gasteiger partial charge in [-0.1, -0.05) is 25.5 Å². The standard InChI is InChI=1S/C26H37N7O3/c1-3-4-19(7-8-34)30-25-24-22(31-26(27)32-25)12-29-33(24)13-17-6-5-16(9-23(17)35-2)11-28-21-10-18-14-36-15-20(18)21/h5-6,9,12,18-21,28,34H,3-4,7-8,10-11,13-15H2,1-2H3,(H3,27,30,31,32)/t18?,19-,20+,21?/m0/s1. The molecule has 4 atom stereocenters. The highest BCUT2D eigenvalue weighted by Gasteiger charge is 2.44. The lowest BCUT2D eigenvalue weighted by atomic mass is 9.71. The molecule has 2 unspecified atom stereocenters. The number of aromatic nitrogens is 4. The fraction of sp³-hybridized carbons (Fsp3) is 0.577. The van der Waals surface area contributed by atoms with Crippen LogP contribution in [0.15, 0.2) is 24.4 Å². The van der Waals surface area contributed by atoms with E-state index in [1.807, 2.05) is 4.68 Å². The van der Waals surface area contributed by atoms with Crippen LogP contribution in [-0.4, -0.2) is 63.9 Å². The molecule has 2 fully saturated rings. The maximum atomic E-state index is 9.49. The van der Waals surface area contributed by atoms with Gasteiger partial charge in [-0.3, -0.25) is 4.68 Å². The summed E-state index contributed by atoms with van der Waals surface area (Å²) in [6, 6.07) is 6.97. The van der Waals surface area contributed by atoms with Crippen LogP contribution in [0.4, 0.5) is 11.8 Å². The summed E-state index contributed by atoms with van der Waals surface area (Å²) in [5, 5.41) is 21.2. The molecule has 1 aliphatic heterocycles. The summed E-state index contributed by atoms with van der Waals surface area (Å²) in [6.45, 7) is 5.34. The number of nitrogens with zero attached hydrogens (tertiary/aromatic N) is 4. The number of aliphatic hydroxyl groups excluding tert-OH is 1. The van der Waals surface area contributed by atoms with Gasteiger partial charge in [0.05, 0.1) is 26.5 Å². The highest BCUT2D eigenvalue weighted by molar-refractivity contribution is 5.86. The Morgan fingerprint density at radius 2 is 2.17 bits per heavy atom. The van der Waals surface area contributed by atoms with E-state index in [-0.39, 0.29) is 18.6 Å². The predicted molar refractivity (Wildman–Crippen MR) is 139 cm³/mol. The third kappa shape index (κ3) is 5.11. The van der Waals surface area contributed by atoms with Crippen LogP contribution in [0.3, 0.4) is 0 Å². The lowest BCUT2D eigenvalue weighted by Gasteiger charge is -2.39. The van der Waals surface area contributed by atoms with Crippen LogP contribution in [0, 0.1) is 11.8 Å². The highest BCUT2D eigenvalue weighted by Crippen LogP contribution is 2.39. The second kappa shape index (κ2) is 11.0. The Bertz CT molecular complexity index is 1180. The first-order chi connectivity index (χ1) is 17.6. The van der Waals surface area contributed by atoms with Crippen molar-refractivity contribution in [2.75, 3.05) is 38.0 Å². The Balaban J connectivity index is 1.34. The van der Waals surface area contributed by atoms with Gasteiger partial charge in [-0.05, 0) is 36.8 Å². The van der Waals surface area contributed by atoms with Crippen molar-refractivity contribution >= 4 is 22.8 Å². The molecule has 194 valence electrons. The molecule has 5 rings (SSSR count). The molecule has 2 aliphatic rings. The minimum absolute atomic E-state index is 0.0870. The first-order valence-corrected chi connectivity index (χ1v) is 12.9. The number of anilines is 2. The van der Waals surface area contributed by atoms with Crippen LogP contribution >= 0.6 is 0 Å². The van der Waals surface area contributed by atoms with Crippen molar-refractivity contribution in [3.63, 3.8) is 0 Å². The van der Waals surface area contributed by atoms with Crippen LogP contribution in [0.5, 0.6) is 5.75 Å². The first-order valence-electron chi connectivity index (χ1n) is 12.9. The van der Waals surface area contributed by atoms with Gasteiger partial charge in [0.15, 0.2) is 5.82 Å². The quantitative estimate of drug-likeness (QED) is 0.299. The van der Waals surface area contributed by atoms with Gasteiger partial charge < -0.3 is 30.9 Å². The summed E-state index contributed by atoms with van der Waals surface area (Å²) in [4.78, 5) is 8.86. The number of nitrogen functional groups attached to an aromatic ring is 1. The van der Waals surface area contributed by atoms with Gasteiger partial charge >= 0.3 is 0 Å². The van der Waals surface area contributed by atoms with Gasteiger partial charge in [-0.2, -0.15) is 10.1 Å². The van der Waals surface area contributed by atoms with Gasteiger partial charge in [0.1, 0.15) is 16.8 Å². The monoisotopic (exact) mass is 495 g/mol. The highest BCUT2D eigenvalue weighted by atomic mass is 16.5. The molecule has 0 amide bonds. The normalized spacial score (nSPS) is 21.8. The van der Waals surface area contributed by atoms with Crippen LogP contribution in [0.1, 0.15) is 43.7 Å². The summed E-state index contributed by atoms with van der Waals surface area (Å²) >= 11 is 0. The molecule has 10 nitrogen and oxygen atoms in total. The molecule has 10 heteroatoms. The van der Waals surface area contributed by atoms with E-state index in [1.54, 1.807) is 13.3 Å². The summed E-state index contributed by atoms with van der Waals surface area (Å²) < 4.78 is 13.2. The predicted octanol–water partition coefficient (Wildman–Crippen LogP) is 2.55. The Labute approximate surface area is 211 Å². The molecular weight excluding hydrogens is 458 g/mol. The Morgan fingerprint density at radius 1 is 1.28 bits per heavy atom. The number of nitrogens with two attached hydrogens (primary N) is 1. The maximum absolute atomic E-state index is 9.49. The third-order valence-electron chi connectivity index (χ3n) is 7.52. The number of hydrogen-bond donors (Lipinski definition) is 4. The summed E-state index contributed by atoms with van der Waals surface area (Å²) in [5.41, 5.74) is 9.65.